The van der Waals surface area contributed by atoms with Crippen LogP contribution in [0.4, 0.5) is 5.00 Å². The molecule has 3 rings (SSSR count). The van der Waals surface area contributed by atoms with E-state index in [0.29, 0.717) is 24.5 Å². The zero-order valence-electron chi connectivity index (χ0n) is 13.1. The Labute approximate surface area is 143 Å². The molecule has 2 heterocycles. The molecule has 8 heteroatoms. The van der Waals surface area contributed by atoms with Gasteiger partial charge in [0.2, 0.25) is 0 Å². The molecule has 1 aromatic carbocycles. The number of methoxy groups -OCH3 is 1. The Hall–Kier alpha value is -2.45. The number of nitrogens with one attached hydrogen (secondary N) is 1. The lowest BCUT2D eigenvalue weighted by Crippen LogP contribution is -2.48. The van der Waals surface area contributed by atoms with Gasteiger partial charge in [0.1, 0.15) is 5.75 Å². The van der Waals surface area contributed by atoms with Crippen LogP contribution in [0.15, 0.2) is 36.4 Å². The van der Waals surface area contributed by atoms with E-state index >= 15 is 0 Å². The molecule has 126 valence electrons. The highest BCUT2D eigenvalue weighted by atomic mass is 32.1. The molecule has 0 radical (unpaired) electrons. The number of rotatable bonds is 4. The van der Waals surface area contributed by atoms with Gasteiger partial charge in [-0.05, 0) is 12.1 Å². The molecule has 7 nitrogen and oxygen atoms in total. The third kappa shape index (κ3) is 3.10. The lowest BCUT2D eigenvalue weighted by Gasteiger charge is -2.36. The van der Waals surface area contributed by atoms with Crippen molar-refractivity contribution in [1.82, 2.24) is 10.2 Å². The largest absolute Gasteiger partial charge is 0.496 e. The van der Waals surface area contributed by atoms with E-state index in [4.69, 9.17) is 4.74 Å². The van der Waals surface area contributed by atoms with Gasteiger partial charge >= 0.3 is 5.00 Å². The highest BCUT2D eigenvalue weighted by Crippen LogP contribution is 2.33. The number of ether oxygens (including phenoxy) is 1. The molecule has 1 amide bonds. The van der Waals surface area contributed by atoms with Crippen molar-refractivity contribution >= 4 is 22.2 Å². The van der Waals surface area contributed by atoms with E-state index < -0.39 is 4.92 Å². The summed E-state index contributed by atoms with van der Waals surface area (Å²) in [5.41, 5.74) is 0.923. The Morgan fingerprint density at radius 3 is 2.88 bits per heavy atom. The number of nitro groups is 1. The summed E-state index contributed by atoms with van der Waals surface area (Å²) in [6, 6.07) is 10.3. The highest BCUT2D eigenvalue weighted by molar-refractivity contribution is 7.17. The number of thiophene rings is 1. The summed E-state index contributed by atoms with van der Waals surface area (Å²) in [7, 11) is 1.60. The molecule has 24 heavy (non-hydrogen) atoms. The first-order valence-corrected chi connectivity index (χ1v) is 8.32. The summed E-state index contributed by atoms with van der Waals surface area (Å²) < 4.78 is 5.42. The van der Waals surface area contributed by atoms with Crippen molar-refractivity contribution in [3.63, 3.8) is 0 Å². The predicted octanol–water partition coefficient (Wildman–Crippen LogP) is 2.45. The number of benzene rings is 1. The van der Waals surface area contributed by atoms with Gasteiger partial charge < -0.3 is 15.0 Å². The Bertz CT molecular complexity index is 761. The smallest absolute Gasteiger partial charge is 0.324 e. The number of nitrogens with zero attached hydrogens (tertiary/aromatic N) is 2. The molecule has 2 aromatic rings. The molecular formula is C16H17N3O4S. The number of piperazine rings is 1. The fourth-order valence-electron chi connectivity index (χ4n) is 2.85. The maximum Gasteiger partial charge on any atom is 0.324 e. The van der Waals surface area contributed by atoms with Crippen LogP contribution in [0, 0.1) is 10.1 Å². The maximum absolute atomic E-state index is 12.9. The van der Waals surface area contributed by atoms with E-state index in [2.05, 4.69) is 5.32 Å². The summed E-state index contributed by atoms with van der Waals surface area (Å²) in [5.74, 6) is 0.534. The van der Waals surface area contributed by atoms with Gasteiger partial charge in [0, 0.05) is 31.3 Å². The maximum atomic E-state index is 12.9. The van der Waals surface area contributed by atoms with Gasteiger partial charge in [0.05, 0.1) is 23.0 Å². The van der Waals surface area contributed by atoms with Crippen LogP contribution >= 0.6 is 11.3 Å². The molecule has 1 aromatic heterocycles. The summed E-state index contributed by atoms with van der Waals surface area (Å²) in [5, 5.41) is 14.1. The molecule has 0 aliphatic carbocycles. The van der Waals surface area contributed by atoms with Gasteiger partial charge in [-0.15, -0.1) is 0 Å². The first-order chi connectivity index (χ1) is 11.6. The van der Waals surface area contributed by atoms with Gasteiger partial charge in [-0.2, -0.15) is 0 Å². The lowest BCUT2D eigenvalue weighted by atomic mass is 10.0. The predicted molar refractivity (Wildman–Crippen MR) is 90.6 cm³/mol. The minimum Gasteiger partial charge on any atom is -0.496 e. The Morgan fingerprint density at radius 1 is 1.38 bits per heavy atom. The third-order valence-corrected chi connectivity index (χ3v) is 5.01. The Balaban J connectivity index is 1.91. The number of carbonyl (C=O) groups excluding carboxylic acids is 1. The fourth-order valence-corrected chi connectivity index (χ4v) is 3.63. The van der Waals surface area contributed by atoms with E-state index in [-0.39, 0.29) is 17.0 Å². The van der Waals surface area contributed by atoms with Crippen molar-refractivity contribution in [3.8, 4) is 5.75 Å². The van der Waals surface area contributed by atoms with Crippen LogP contribution in [-0.2, 0) is 0 Å². The van der Waals surface area contributed by atoms with Crippen LogP contribution in [0.2, 0.25) is 0 Å². The first kappa shape index (κ1) is 16.4. The lowest BCUT2D eigenvalue weighted by molar-refractivity contribution is -0.380. The van der Waals surface area contributed by atoms with Gasteiger partial charge in [0.25, 0.3) is 5.91 Å². The molecule has 0 spiro atoms. The van der Waals surface area contributed by atoms with Gasteiger partial charge in [-0.3, -0.25) is 14.9 Å². The molecule has 0 saturated carbocycles. The zero-order chi connectivity index (χ0) is 17.1. The minimum absolute atomic E-state index is 0.0256. The Morgan fingerprint density at radius 2 is 2.17 bits per heavy atom. The van der Waals surface area contributed by atoms with Crippen LogP contribution in [0.5, 0.6) is 5.75 Å². The van der Waals surface area contributed by atoms with Gasteiger partial charge in [-0.1, -0.05) is 29.5 Å². The molecule has 1 fully saturated rings. The van der Waals surface area contributed by atoms with Gasteiger partial charge in [0.15, 0.2) is 0 Å². The topological polar surface area (TPSA) is 84.7 Å². The van der Waals surface area contributed by atoms with E-state index in [0.717, 1.165) is 22.6 Å². The zero-order valence-corrected chi connectivity index (χ0v) is 13.9. The van der Waals surface area contributed by atoms with Crippen molar-refractivity contribution in [2.45, 2.75) is 6.04 Å². The van der Waals surface area contributed by atoms with Crippen molar-refractivity contribution in [3.05, 3.63) is 57.0 Å². The molecule has 1 unspecified atom stereocenters. The summed E-state index contributed by atoms with van der Waals surface area (Å²) in [6.45, 7) is 1.83. The number of para-hydroxylation sites is 1. The first-order valence-electron chi connectivity index (χ1n) is 7.50. The fraction of sp³-hybridized carbons (Fsp3) is 0.312. The second kappa shape index (κ2) is 6.98. The minimum atomic E-state index is -0.475. The van der Waals surface area contributed by atoms with Gasteiger partial charge in [-0.25, -0.2) is 0 Å². The normalized spacial score (nSPS) is 17.5. The van der Waals surface area contributed by atoms with E-state index in [1.807, 2.05) is 24.3 Å². The second-order valence-electron chi connectivity index (χ2n) is 5.36. The molecule has 1 atom stereocenters. The number of carbonyl (C=O) groups is 1. The molecule has 1 N–H and O–H groups in total. The van der Waals surface area contributed by atoms with E-state index in [1.54, 1.807) is 12.0 Å². The SMILES string of the molecule is COc1ccccc1C1CNCCN1C(=O)c1ccc([N+](=O)[O-])s1. The monoisotopic (exact) mass is 347 g/mol. The average molecular weight is 347 g/mol. The van der Waals surface area contributed by atoms with Crippen molar-refractivity contribution in [2.24, 2.45) is 0 Å². The molecule has 1 saturated heterocycles. The average Bonchev–Trinajstić information content (AvgIpc) is 3.11. The second-order valence-corrected chi connectivity index (χ2v) is 6.42. The number of hydrogen-bond acceptors (Lipinski definition) is 6. The van der Waals surface area contributed by atoms with Crippen LogP contribution in [0.3, 0.4) is 0 Å². The highest BCUT2D eigenvalue weighted by Gasteiger charge is 2.31. The molecular weight excluding hydrogens is 330 g/mol. The van der Waals surface area contributed by atoms with Crippen LogP contribution in [0.25, 0.3) is 0 Å². The quantitative estimate of drug-likeness (QED) is 0.678. The Kier molecular flexibility index (Phi) is 4.77. The standard InChI is InChI=1S/C16H17N3O4S/c1-23-13-5-3-2-4-11(13)12-10-17-8-9-18(12)16(20)14-6-7-15(24-14)19(21)22/h2-7,12,17H,8-10H2,1H3. The van der Waals surface area contributed by atoms with Crippen LogP contribution < -0.4 is 10.1 Å². The van der Waals surface area contributed by atoms with Crippen molar-refractivity contribution in [1.29, 1.82) is 0 Å². The number of amides is 1. The molecule has 1 aliphatic rings. The van der Waals surface area contributed by atoms with Crippen LogP contribution in [-0.4, -0.2) is 42.5 Å². The van der Waals surface area contributed by atoms with Crippen LogP contribution in [0.1, 0.15) is 21.3 Å². The van der Waals surface area contributed by atoms with E-state index in [9.17, 15) is 14.9 Å². The summed E-state index contributed by atoms with van der Waals surface area (Å²) in [6.07, 6.45) is 0. The number of hydrogen-bond donors (Lipinski definition) is 1. The van der Waals surface area contributed by atoms with Crippen molar-refractivity contribution < 1.29 is 14.5 Å². The summed E-state index contributed by atoms with van der Waals surface area (Å²) in [4.78, 5) is 25.4. The van der Waals surface area contributed by atoms with Crippen molar-refractivity contribution in [2.75, 3.05) is 26.7 Å². The molecule has 1 aliphatic heterocycles. The molecule has 0 bridgehead atoms. The third-order valence-electron chi connectivity index (χ3n) is 3.98. The summed E-state index contributed by atoms with van der Waals surface area (Å²) >= 11 is 0.908. The van der Waals surface area contributed by atoms with E-state index in [1.165, 1.54) is 12.1 Å².